The van der Waals surface area contributed by atoms with Gasteiger partial charge in [-0.1, -0.05) is 0 Å². The molecule has 0 unspecified atom stereocenters. The zero-order valence-electron chi connectivity index (χ0n) is 7.37. The monoisotopic (exact) mass is 167 g/mol. The van der Waals surface area contributed by atoms with E-state index >= 15 is 0 Å². The molecule has 0 spiro atoms. The van der Waals surface area contributed by atoms with E-state index in [1.807, 2.05) is 13.8 Å². The van der Waals surface area contributed by atoms with Crippen molar-refractivity contribution in [3.05, 3.63) is 18.0 Å². The van der Waals surface area contributed by atoms with Crippen LogP contribution in [0.2, 0.25) is 0 Å². The Labute approximate surface area is 71.6 Å². The highest BCUT2D eigenvalue weighted by molar-refractivity contribution is 5.93. The number of nitrogens with one attached hydrogen (secondary N) is 1. The summed E-state index contributed by atoms with van der Waals surface area (Å²) < 4.78 is 1.73. The number of hydrogen-bond donors (Lipinski definition) is 1. The standard InChI is InChI=1S/C8H13N3O/c1-3-9-8(12)7-5-10-11(4-2)6-7/h5-6H,3-4H2,1-2H3,(H,9,12). The Morgan fingerprint density at radius 3 is 2.92 bits per heavy atom. The molecule has 0 atom stereocenters. The van der Waals surface area contributed by atoms with Gasteiger partial charge in [-0.05, 0) is 13.8 Å². The summed E-state index contributed by atoms with van der Waals surface area (Å²) >= 11 is 0. The van der Waals surface area contributed by atoms with Crippen molar-refractivity contribution in [3.8, 4) is 0 Å². The second kappa shape index (κ2) is 3.90. The molecule has 1 aromatic rings. The summed E-state index contributed by atoms with van der Waals surface area (Å²) in [6.07, 6.45) is 3.32. The molecule has 0 radical (unpaired) electrons. The van der Waals surface area contributed by atoms with Gasteiger partial charge in [-0.25, -0.2) is 0 Å². The molecule has 0 aliphatic carbocycles. The minimum atomic E-state index is -0.0581. The molecule has 1 aromatic heterocycles. The number of carbonyl (C=O) groups is 1. The fourth-order valence-corrected chi connectivity index (χ4v) is 0.916. The van der Waals surface area contributed by atoms with Gasteiger partial charge in [0.15, 0.2) is 0 Å². The number of hydrogen-bond acceptors (Lipinski definition) is 2. The van der Waals surface area contributed by atoms with Crippen LogP contribution in [0.3, 0.4) is 0 Å². The predicted molar refractivity (Wildman–Crippen MR) is 45.9 cm³/mol. The Balaban J connectivity index is 2.68. The van der Waals surface area contributed by atoms with Gasteiger partial charge in [-0.3, -0.25) is 9.48 Å². The molecule has 66 valence electrons. The average molecular weight is 167 g/mol. The number of amides is 1. The smallest absolute Gasteiger partial charge is 0.254 e. The Hall–Kier alpha value is -1.32. The number of carbonyl (C=O) groups excluding carboxylic acids is 1. The summed E-state index contributed by atoms with van der Waals surface area (Å²) in [6.45, 7) is 5.31. The quantitative estimate of drug-likeness (QED) is 0.718. The van der Waals surface area contributed by atoms with Crippen LogP contribution in [0.5, 0.6) is 0 Å². The molecule has 0 saturated heterocycles. The normalized spacial score (nSPS) is 9.83. The summed E-state index contributed by atoms with van der Waals surface area (Å²) in [4.78, 5) is 11.2. The van der Waals surface area contributed by atoms with Crippen LogP contribution < -0.4 is 5.32 Å². The van der Waals surface area contributed by atoms with Gasteiger partial charge in [-0.15, -0.1) is 0 Å². The average Bonchev–Trinajstić information content (AvgIpc) is 2.52. The van der Waals surface area contributed by atoms with Crippen LogP contribution in [0.1, 0.15) is 24.2 Å². The van der Waals surface area contributed by atoms with Crippen molar-refractivity contribution in [2.75, 3.05) is 6.54 Å². The molecule has 12 heavy (non-hydrogen) atoms. The van der Waals surface area contributed by atoms with Crippen LogP contribution in [-0.4, -0.2) is 22.2 Å². The maximum absolute atomic E-state index is 11.2. The van der Waals surface area contributed by atoms with Gasteiger partial charge in [0, 0.05) is 19.3 Å². The minimum absolute atomic E-state index is 0.0581. The molecule has 1 amide bonds. The molecular weight excluding hydrogens is 154 g/mol. The van der Waals surface area contributed by atoms with Crippen molar-refractivity contribution in [1.29, 1.82) is 0 Å². The molecule has 0 aliphatic heterocycles. The molecule has 0 aliphatic rings. The highest BCUT2D eigenvalue weighted by atomic mass is 16.1. The van der Waals surface area contributed by atoms with E-state index in [9.17, 15) is 4.79 Å². The molecule has 0 bridgehead atoms. The lowest BCUT2D eigenvalue weighted by Crippen LogP contribution is -2.22. The third-order valence-electron chi connectivity index (χ3n) is 1.56. The van der Waals surface area contributed by atoms with Gasteiger partial charge in [0.2, 0.25) is 0 Å². The summed E-state index contributed by atoms with van der Waals surface area (Å²) in [5, 5.41) is 6.70. The van der Waals surface area contributed by atoms with Crippen molar-refractivity contribution in [2.24, 2.45) is 0 Å². The first kappa shape index (κ1) is 8.77. The molecule has 1 N–H and O–H groups in total. The number of nitrogens with zero attached hydrogens (tertiary/aromatic N) is 2. The first-order valence-electron chi connectivity index (χ1n) is 4.08. The largest absolute Gasteiger partial charge is 0.352 e. The first-order chi connectivity index (χ1) is 5.77. The highest BCUT2D eigenvalue weighted by Crippen LogP contribution is 1.96. The van der Waals surface area contributed by atoms with Crippen LogP contribution in [0.25, 0.3) is 0 Å². The summed E-state index contributed by atoms with van der Waals surface area (Å²) in [5.41, 5.74) is 0.624. The van der Waals surface area contributed by atoms with Crippen LogP contribution in [-0.2, 0) is 6.54 Å². The fraction of sp³-hybridized carbons (Fsp3) is 0.500. The van der Waals surface area contributed by atoms with Gasteiger partial charge in [0.25, 0.3) is 5.91 Å². The maximum atomic E-state index is 11.2. The second-order valence-electron chi connectivity index (χ2n) is 2.44. The molecule has 0 fully saturated rings. The Morgan fingerprint density at radius 2 is 2.42 bits per heavy atom. The molecule has 4 nitrogen and oxygen atoms in total. The van der Waals surface area contributed by atoms with E-state index in [-0.39, 0.29) is 5.91 Å². The SMILES string of the molecule is CCNC(=O)c1cnn(CC)c1. The molecule has 0 saturated carbocycles. The van der Waals surface area contributed by atoms with E-state index in [2.05, 4.69) is 10.4 Å². The number of aromatic nitrogens is 2. The van der Waals surface area contributed by atoms with Crippen LogP contribution in [0.4, 0.5) is 0 Å². The minimum Gasteiger partial charge on any atom is -0.352 e. The summed E-state index contributed by atoms with van der Waals surface area (Å²) in [7, 11) is 0. The lowest BCUT2D eigenvalue weighted by molar-refractivity contribution is 0.0956. The van der Waals surface area contributed by atoms with Gasteiger partial charge < -0.3 is 5.32 Å². The van der Waals surface area contributed by atoms with E-state index < -0.39 is 0 Å². The van der Waals surface area contributed by atoms with Crippen molar-refractivity contribution >= 4 is 5.91 Å². The Morgan fingerprint density at radius 1 is 1.67 bits per heavy atom. The predicted octanol–water partition coefficient (Wildman–Crippen LogP) is 0.653. The van der Waals surface area contributed by atoms with E-state index in [4.69, 9.17) is 0 Å². The van der Waals surface area contributed by atoms with Crippen molar-refractivity contribution in [3.63, 3.8) is 0 Å². The van der Waals surface area contributed by atoms with E-state index in [1.165, 1.54) is 0 Å². The lowest BCUT2D eigenvalue weighted by Gasteiger charge is -1.96. The fourth-order valence-electron chi connectivity index (χ4n) is 0.916. The van der Waals surface area contributed by atoms with Gasteiger partial charge in [-0.2, -0.15) is 5.10 Å². The molecule has 1 heterocycles. The lowest BCUT2D eigenvalue weighted by atomic mass is 10.3. The van der Waals surface area contributed by atoms with Gasteiger partial charge in [0.05, 0.1) is 11.8 Å². The number of aryl methyl sites for hydroxylation is 1. The van der Waals surface area contributed by atoms with Gasteiger partial charge in [0.1, 0.15) is 0 Å². The van der Waals surface area contributed by atoms with Crippen molar-refractivity contribution in [2.45, 2.75) is 20.4 Å². The third kappa shape index (κ3) is 1.84. The first-order valence-corrected chi connectivity index (χ1v) is 4.08. The second-order valence-corrected chi connectivity index (χ2v) is 2.44. The number of rotatable bonds is 3. The molecule has 4 heteroatoms. The van der Waals surface area contributed by atoms with Crippen LogP contribution in [0, 0.1) is 0 Å². The molecule has 1 rings (SSSR count). The van der Waals surface area contributed by atoms with Crippen molar-refractivity contribution in [1.82, 2.24) is 15.1 Å². The van der Waals surface area contributed by atoms with Crippen LogP contribution in [0.15, 0.2) is 12.4 Å². The maximum Gasteiger partial charge on any atom is 0.254 e. The van der Waals surface area contributed by atoms with Crippen LogP contribution >= 0.6 is 0 Å². The topological polar surface area (TPSA) is 46.9 Å². The van der Waals surface area contributed by atoms with Gasteiger partial charge >= 0.3 is 0 Å². The molecule has 0 aromatic carbocycles. The summed E-state index contributed by atoms with van der Waals surface area (Å²) in [5.74, 6) is -0.0581. The zero-order chi connectivity index (χ0) is 8.97. The Kier molecular flexibility index (Phi) is 2.85. The van der Waals surface area contributed by atoms with E-state index in [0.717, 1.165) is 6.54 Å². The molecular formula is C8H13N3O. The Bertz CT molecular complexity index is 267. The van der Waals surface area contributed by atoms with E-state index in [1.54, 1.807) is 17.1 Å². The highest BCUT2D eigenvalue weighted by Gasteiger charge is 2.05. The zero-order valence-corrected chi connectivity index (χ0v) is 7.37. The summed E-state index contributed by atoms with van der Waals surface area (Å²) in [6, 6.07) is 0. The van der Waals surface area contributed by atoms with E-state index in [0.29, 0.717) is 12.1 Å². The third-order valence-corrected chi connectivity index (χ3v) is 1.56. The van der Waals surface area contributed by atoms with Crippen molar-refractivity contribution < 1.29 is 4.79 Å².